The summed E-state index contributed by atoms with van der Waals surface area (Å²) in [4.78, 5) is 11.2. The summed E-state index contributed by atoms with van der Waals surface area (Å²) in [5.41, 5.74) is 0. The van der Waals surface area contributed by atoms with Crippen LogP contribution in [0.3, 0.4) is 0 Å². The lowest BCUT2D eigenvalue weighted by Crippen LogP contribution is -2.02. The van der Waals surface area contributed by atoms with E-state index in [9.17, 15) is 13.2 Å². The van der Waals surface area contributed by atoms with Gasteiger partial charge in [0.1, 0.15) is 0 Å². The molecule has 0 amide bonds. The van der Waals surface area contributed by atoms with Crippen LogP contribution in [0.15, 0.2) is 57.2 Å². The lowest BCUT2D eigenvalue weighted by Gasteiger charge is -2.07. The molecule has 2 aromatic carbocycles. The van der Waals surface area contributed by atoms with E-state index in [1.807, 2.05) is 0 Å². The maximum Gasteiger partial charge on any atom is 0.313 e. The highest BCUT2D eigenvalue weighted by Crippen LogP contribution is 2.30. The Morgan fingerprint density at radius 1 is 1.05 bits per heavy atom. The van der Waals surface area contributed by atoms with Gasteiger partial charge in [0.05, 0.1) is 25.6 Å². The summed E-state index contributed by atoms with van der Waals surface area (Å²) in [7, 11) is -3.74. The SMILES string of the molecule is O=C(O)CSc1cccc(S(=O)(=O)c2ccc(Cl)c(Cl)c2)c1. The number of benzene rings is 2. The van der Waals surface area contributed by atoms with Crippen molar-refractivity contribution in [3.8, 4) is 0 Å². The van der Waals surface area contributed by atoms with Gasteiger partial charge in [-0.15, -0.1) is 11.8 Å². The highest BCUT2D eigenvalue weighted by molar-refractivity contribution is 8.00. The van der Waals surface area contributed by atoms with Gasteiger partial charge in [-0.05, 0) is 36.4 Å². The number of carbonyl (C=O) groups is 1. The Labute approximate surface area is 142 Å². The molecule has 0 spiro atoms. The summed E-state index contributed by atoms with van der Waals surface area (Å²) in [5.74, 6) is -1.11. The van der Waals surface area contributed by atoms with Crippen LogP contribution in [0, 0.1) is 0 Å². The van der Waals surface area contributed by atoms with Gasteiger partial charge in [-0.3, -0.25) is 4.79 Å². The van der Waals surface area contributed by atoms with Crippen molar-refractivity contribution in [1.82, 2.24) is 0 Å². The fraction of sp³-hybridized carbons (Fsp3) is 0.0714. The van der Waals surface area contributed by atoms with Gasteiger partial charge < -0.3 is 5.11 Å². The molecule has 0 aliphatic rings. The Bertz CT molecular complexity index is 819. The number of hydrogen-bond acceptors (Lipinski definition) is 4. The van der Waals surface area contributed by atoms with Crippen molar-refractivity contribution in [2.24, 2.45) is 0 Å². The van der Waals surface area contributed by atoms with Crippen molar-refractivity contribution < 1.29 is 18.3 Å². The van der Waals surface area contributed by atoms with Crippen molar-refractivity contribution in [2.45, 2.75) is 14.7 Å². The number of halogens is 2. The van der Waals surface area contributed by atoms with Crippen LogP contribution in [0.2, 0.25) is 10.0 Å². The van der Waals surface area contributed by atoms with Crippen LogP contribution in [0.5, 0.6) is 0 Å². The summed E-state index contributed by atoms with van der Waals surface area (Å²) in [5, 5.41) is 9.09. The second-order valence-electron chi connectivity index (χ2n) is 4.24. The summed E-state index contributed by atoms with van der Waals surface area (Å²) >= 11 is 12.7. The van der Waals surface area contributed by atoms with E-state index in [-0.39, 0.29) is 25.6 Å². The molecule has 0 saturated carbocycles. The Morgan fingerprint density at radius 3 is 2.36 bits per heavy atom. The van der Waals surface area contributed by atoms with Crippen molar-refractivity contribution in [2.75, 3.05) is 5.75 Å². The van der Waals surface area contributed by atoms with E-state index in [2.05, 4.69) is 0 Å². The first-order valence-electron chi connectivity index (χ1n) is 5.95. The first kappa shape index (κ1) is 17.1. The van der Waals surface area contributed by atoms with Crippen LogP contribution < -0.4 is 0 Å². The lowest BCUT2D eigenvalue weighted by molar-refractivity contribution is -0.133. The third kappa shape index (κ3) is 3.95. The van der Waals surface area contributed by atoms with E-state index < -0.39 is 15.8 Å². The normalized spacial score (nSPS) is 11.4. The van der Waals surface area contributed by atoms with Crippen molar-refractivity contribution >= 4 is 50.8 Å². The van der Waals surface area contributed by atoms with Crippen LogP contribution in [-0.2, 0) is 14.6 Å². The van der Waals surface area contributed by atoms with Gasteiger partial charge >= 0.3 is 5.97 Å². The molecule has 116 valence electrons. The molecule has 0 radical (unpaired) electrons. The number of thioether (sulfide) groups is 1. The largest absolute Gasteiger partial charge is 0.481 e. The van der Waals surface area contributed by atoms with Gasteiger partial charge in [0.2, 0.25) is 9.84 Å². The zero-order valence-corrected chi connectivity index (χ0v) is 14.1. The minimum absolute atomic E-state index is 0.0299. The van der Waals surface area contributed by atoms with E-state index in [4.69, 9.17) is 28.3 Å². The Morgan fingerprint density at radius 2 is 1.73 bits per heavy atom. The Balaban J connectivity index is 2.38. The molecule has 0 unspecified atom stereocenters. The zero-order valence-electron chi connectivity index (χ0n) is 11.0. The third-order valence-electron chi connectivity index (χ3n) is 2.68. The molecule has 1 N–H and O–H groups in total. The maximum absolute atomic E-state index is 12.6. The zero-order chi connectivity index (χ0) is 16.3. The molecule has 0 saturated heterocycles. The van der Waals surface area contributed by atoms with E-state index in [0.717, 1.165) is 11.8 Å². The first-order valence-corrected chi connectivity index (χ1v) is 9.18. The van der Waals surface area contributed by atoms with E-state index in [1.54, 1.807) is 12.1 Å². The number of hydrogen-bond donors (Lipinski definition) is 1. The molecule has 0 aliphatic heterocycles. The van der Waals surface area contributed by atoms with Crippen LogP contribution in [0.1, 0.15) is 0 Å². The fourth-order valence-electron chi connectivity index (χ4n) is 1.66. The highest BCUT2D eigenvalue weighted by Gasteiger charge is 2.19. The first-order chi connectivity index (χ1) is 10.3. The van der Waals surface area contributed by atoms with Gasteiger partial charge in [0.25, 0.3) is 0 Å². The molecular formula is C14H10Cl2O4S2. The molecule has 22 heavy (non-hydrogen) atoms. The van der Waals surface area contributed by atoms with Crippen molar-refractivity contribution in [3.05, 3.63) is 52.5 Å². The van der Waals surface area contributed by atoms with E-state index in [0.29, 0.717) is 4.90 Å². The Kier molecular flexibility index (Phi) is 5.39. The molecule has 8 heteroatoms. The van der Waals surface area contributed by atoms with Crippen LogP contribution in [-0.4, -0.2) is 25.2 Å². The second-order valence-corrected chi connectivity index (χ2v) is 8.05. The van der Waals surface area contributed by atoms with Crippen molar-refractivity contribution in [3.63, 3.8) is 0 Å². The quantitative estimate of drug-likeness (QED) is 0.798. The molecule has 0 heterocycles. The maximum atomic E-state index is 12.6. The van der Waals surface area contributed by atoms with Gasteiger partial charge in [0, 0.05) is 4.90 Å². The fourth-order valence-corrected chi connectivity index (χ4v) is 4.10. The van der Waals surface area contributed by atoms with Gasteiger partial charge in [0.15, 0.2) is 0 Å². The van der Waals surface area contributed by atoms with E-state index >= 15 is 0 Å². The molecule has 4 nitrogen and oxygen atoms in total. The molecule has 0 atom stereocenters. The molecular weight excluding hydrogens is 367 g/mol. The number of rotatable bonds is 5. The standard InChI is InChI=1S/C14H10Cl2O4S2/c15-12-5-4-11(7-13(12)16)22(19,20)10-3-1-2-9(6-10)21-8-14(17)18/h1-7H,8H2,(H,17,18). The average molecular weight is 377 g/mol. The predicted octanol–water partition coefficient (Wildman–Crippen LogP) is 4.00. The lowest BCUT2D eigenvalue weighted by atomic mass is 10.4. The summed E-state index contributed by atoms with van der Waals surface area (Å²) in [6.07, 6.45) is 0. The number of sulfone groups is 1. The summed E-state index contributed by atoms with van der Waals surface area (Å²) in [6, 6.07) is 10.2. The third-order valence-corrected chi connectivity index (χ3v) is 6.15. The van der Waals surface area contributed by atoms with Crippen LogP contribution in [0.25, 0.3) is 0 Å². The van der Waals surface area contributed by atoms with Crippen molar-refractivity contribution in [1.29, 1.82) is 0 Å². The topological polar surface area (TPSA) is 71.4 Å². The predicted molar refractivity (Wildman–Crippen MR) is 86.7 cm³/mol. The minimum atomic E-state index is -3.74. The molecule has 0 bridgehead atoms. The second kappa shape index (κ2) is 6.91. The monoisotopic (exact) mass is 376 g/mol. The molecule has 0 aliphatic carbocycles. The minimum Gasteiger partial charge on any atom is -0.481 e. The van der Waals surface area contributed by atoms with Crippen LogP contribution >= 0.6 is 35.0 Å². The molecule has 0 aromatic heterocycles. The summed E-state index contributed by atoms with van der Waals surface area (Å²) < 4.78 is 25.1. The molecule has 2 aromatic rings. The van der Waals surface area contributed by atoms with Gasteiger partial charge in [-0.2, -0.15) is 0 Å². The Hall–Kier alpha value is -1.21. The average Bonchev–Trinajstić information content (AvgIpc) is 2.48. The highest BCUT2D eigenvalue weighted by atomic mass is 35.5. The van der Waals surface area contributed by atoms with Crippen LogP contribution in [0.4, 0.5) is 0 Å². The number of aliphatic carboxylic acids is 1. The smallest absolute Gasteiger partial charge is 0.313 e. The van der Waals surface area contributed by atoms with Gasteiger partial charge in [-0.1, -0.05) is 29.3 Å². The van der Waals surface area contributed by atoms with Gasteiger partial charge in [-0.25, -0.2) is 8.42 Å². The molecule has 0 fully saturated rings. The number of carboxylic acid groups (broad SMARTS) is 1. The van der Waals surface area contributed by atoms with E-state index in [1.165, 1.54) is 30.3 Å². The number of carboxylic acids is 1. The summed E-state index contributed by atoms with van der Waals surface area (Å²) in [6.45, 7) is 0. The molecule has 2 rings (SSSR count).